The molecule has 0 saturated carbocycles. The summed E-state index contributed by atoms with van der Waals surface area (Å²) in [4.78, 5) is 0. The van der Waals surface area contributed by atoms with Crippen LogP contribution < -0.4 is 0 Å². The van der Waals surface area contributed by atoms with Crippen molar-refractivity contribution in [3.8, 4) is 0 Å². The first-order valence-corrected chi connectivity index (χ1v) is 2.19. The van der Waals surface area contributed by atoms with Gasteiger partial charge in [0, 0.05) is 0 Å². The van der Waals surface area contributed by atoms with Gasteiger partial charge in [0.05, 0.1) is 0 Å². The van der Waals surface area contributed by atoms with Gasteiger partial charge in [0.2, 0.25) is 0 Å². The molecule has 0 aliphatic heterocycles. The summed E-state index contributed by atoms with van der Waals surface area (Å²) in [5, 5.41) is 0. The lowest BCUT2D eigenvalue weighted by Gasteiger charge is -1.75. The van der Waals surface area contributed by atoms with E-state index in [1.54, 1.807) is 6.08 Å². The van der Waals surface area contributed by atoms with Gasteiger partial charge in [-0.15, -0.1) is 0 Å². The van der Waals surface area contributed by atoms with E-state index in [0.717, 1.165) is 12.0 Å². The summed E-state index contributed by atoms with van der Waals surface area (Å²) in [6.07, 6.45) is 1.89. The second kappa shape index (κ2) is 1.07. The van der Waals surface area contributed by atoms with Crippen LogP contribution in [-0.4, -0.2) is 6.17 Å². The summed E-state index contributed by atoms with van der Waals surface area (Å²) in [6, 6.07) is 0. The van der Waals surface area contributed by atoms with E-state index in [2.05, 4.69) is 0 Å². The molecule has 0 nitrogen and oxygen atoms in total. The highest BCUT2D eigenvalue weighted by atomic mass is 19.1. The van der Waals surface area contributed by atoms with E-state index in [1.165, 1.54) is 0 Å². The summed E-state index contributed by atoms with van der Waals surface area (Å²) in [6.45, 7) is 1.96. The van der Waals surface area contributed by atoms with Crippen molar-refractivity contribution in [1.82, 2.24) is 0 Å². The first-order chi connectivity index (χ1) is 2.84. The first kappa shape index (κ1) is 3.85. The molecule has 0 spiro atoms. The highest BCUT2D eigenvalue weighted by Crippen LogP contribution is 2.25. The van der Waals surface area contributed by atoms with Gasteiger partial charge in [-0.2, -0.15) is 0 Å². The smallest absolute Gasteiger partial charge is 0.140 e. The van der Waals surface area contributed by atoms with Crippen molar-refractivity contribution in [2.75, 3.05) is 0 Å². The van der Waals surface area contributed by atoms with Crippen LogP contribution in [0.1, 0.15) is 13.3 Å². The van der Waals surface area contributed by atoms with Crippen LogP contribution in [0.4, 0.5) is 4.39 Å². The molecule has 0 fully saturated rings. The summed E-state index contributed by atoms with van der Waals surface area (Å²) in [5.74, 6) is 0. The maximum absolute atomic E-state index is 11.7. The molecule has 1 rings (SSSR count). The molecule has 1 unspecified atom stereocenters. The van der Waals surface area contributed by atoms with Crippen LogP contribution in [0, 0.1) is 0 Å². The molecule has 0 heterocycles. The Morgan fingerprint density at radius 3 is 2.50 bits per heavy atom. The minimum absolute atomic E-state index is 0.644. The topological polar surface area (TPSA) is 0 Å². The Bertz CT molecular complexity index is 83.9. The van der Waals surface area contributed by atoms with E-state index < -0.39 is 6.17 Å². The fourth-order valence-corrected chi connectivity index (χ4v) is 0.453. The molecule has 0 N–H and O–H groups in total. The fraction of sp³-hybridized carbons (Fsp3) is 0.600. The van der Waals surface area contributed by atoms with Crippen LogP contribution >= 0.6 is 0 Å². The van der Waals surface area contributed by atoms with Crippen molar-refractivity contribution in [3.63, 3.8) is 0 Å². The van der Waals surface area contributed by atoms with Gasteiger partial charge in [-0.05, 0) is 18.1 Å². The van der Waals surface area contributed by atoms with Gasteiger partial charge in [-0.25, -0.2) is 4.39 Å². The fourth-order valence-electron chi connectivity index (χ4n) is 0.453. The Morgan fingerprint density at radius 1 is 2.00 bits per heavy atom. The maximum Gasteiger partial charge on any atom is 0.140 e. The molecule has 1 atom stereocenters. The van der Waals surface area contributed by atoms with Gasteiger partial charge >= 0.3 is 0 Å². The Labute approximate surface area is 36.7 Å². The zero-order chi connectivity index (χ0) is 4.57. The molecular weight excluding hydrogens is 79.1 g/mol. The molecule has 6 heavy (non-hydrogen) atoms. The lowest BCUT2D eigenvalue weighted by Crippen LogP contribution is -1.69. The van der Waals surface area contributed by atoms with Crippen LogP contribution in [0.15, 0.2) is 11.6 Å². The summed E-state index contributed by atoms with van der Waals surface area (Å²) < 4.78 is 11.7. The van der Waals surface area contributed by atoms with Gasteiger partial charge in [0.1, 0.15) is 6.17 Å². The Kier molecular flexibility index (Phi) is 0.685. The second-order valence-corrected chi connectivity index (χ2v) is 1.50. The van der Waals surface area contributed by atoms with Gasteiger partial charge in [-0.1, -0.05) is 6.92 Å². The second-order valence-electron chi connectivity index (χ2n) is 1.50. The predicted molar refractivity (Wildman–Crippen MR) is 23.3 cm³/mol. The van der Waals surface area contributed by atoms with Crippen LogP contribution in [-0.2, 0) is 0 Å². The lowest BCUT2D eigenvalue weighted by atomic mass is 10.4. The minimum Gasteiger partial charge on any atom is -0.238 e. The monoisotopic (exact) mass is 86.1 g/mol. The summed E-state index contributed by atoms with van der Waals surface area (Å²) in [7, 11) is 0. The quantitative estimate of drug-likeness (QED) is 0.426. The minimum atomic E-state index is -0.644. The van der Waals surface area contributed by atoms with Crippen LogP contribution in [0.5, 0.6) is 0 Å². The SMILES string of the molecule is CCC1=CC1F. The molecule has 1 aliphatic carbocycles. The van der Waals surface area contributed by atoms with Crippen molar-refractivity contribution in [1.29, 1.82) is 0 Å². The maximum atomic E-state index is 11.7. The highest BCUT2D eigenvalue weighted by Gasteiger charge is 2.20. The molecule has 1 aliphatic rings. The molecular formula is C5H7F. The molecule has 0 aromatic rings. The van der Waals surface area contributed by atoms with Crippen molar-refractivity contribution in [2.45, 2.75) is 19.5 Å². The van der Waals surface area contributed by atoms with E-state index >= 15 is 0 Å². The molecule has 0 aromatic heterocycles. The zero-order valence-electron chi connectivity index (χ0n) is 3.74. The van der Waals surface area contributed by atoms with Gasteiger partial charge in [0.15, 0.2) is 0 Å². The van der Waals surface area contributed by atoms with Crippen molar-refractivity contribution in [2.24, 2.45) is 0 Å². The van der Waals surface area contributed by atoms with E-state index in [1.807, 2.05) is 6.92 Å². The highest BCUT2D eigenvalue weighted by molar-refractivity contribution is 5.30. The van der Waals surface area contributed by atoms with E-state index in [-0.39, 0.29) is 0 Å². The third-order valence-electron chi connectivity index (χ3n) is 1.01. The van der Waals surface area contributed by atoms with Gasteiger partial charge in [0.25, 0.3) is 0 Å². The zero-order valence-corrected chi connectivity index (χ0v) is 3.74. The van der Waals surface area contributed by atoms with Crippen molar-refractivity contribution >= 4 is 0 Å². The average molecular weight is 86.1 g/mol. The van der Waals surface area contributed by atoms with Crippen LogP contribution in [0.25, 0.3) is 0 Å². The van der Waals surface area contributed by atoms with Gasteiger partial charge < -0.3 is 0 Å². The lowest BCUT2D eigenvalue weighted by molar-refractivity contribution is 0.497. The number of rotatable bonds is 1. The third kappa shape index (κ3) is 0.445. The third-order valence-corrected chi connectivity index (χ3v) is 1.01. The predicted octanol–water partition coefficient (Wildman–Crippen LogP) is 1.67. The number of allylic oxidation sites excluding steroid dienone is 2. The standard InChI is InChI=1S/C5H7F/c1-2-4-3-5(4)6/h3,5H,2H2,1H3. The number of hydrogen-bond acceptors (Lipinski definition) is 0. The average Bonchev–Trinajstić information content (AvgIpc) is 2.19. The molecule has 34 valence electrons. The Balaban J connectivity index is 2.23. The van der Waals surface area contributed by atoms with Gasteiger partial charge in [-0.3, -0.25) is 0 Å². The van der Waals surface area contributed by atoms with Crippen LogP contribution in [0.2, 0.25) is 0 Å². The molecule has 0 radical (unpaired) electrons. The summed E-state index contributed by atoms with van der Waals surface area (Å²) in [5.41, 5.74) is 0.968. The van der Waals surface area contributed by atoms with Crippen molar-refractivity contribution < 1.29 is 4.39 Å². The van der Waals surface area contributed by atoms with E-state index in [9.17, 15) is 4.39 Å². The summed E-state index contributed by atoms with van der Waals surface area (Å²) >= 11 is 0. The number of halogens is 1. The van der Waals surface area contributed by atoms with E-state index in [0.29, 0.717) is 0 Å². The normalized spacial score (nSPS) is 29.7. The number of alkyl halides is 1. The molecule has 0 saturated heterocycles. The van der Waals surface area contributed by atoms with Crippen LogP contribution in [0.3, 0.4) is 0 Å². The molecule has 1 heteroatoms. The Morgan fingerprint density at radius 2 is 2.50 bits per heavy atom. The molecule has 0 amide bonds. The van der Waals surface area contributed by atoms with E-state index in [4.69, 9.17) is 0 Å². The largest absolute Gasteiger partial charge is 0.238 e. The van der Waals surface area contributed by atoms with Crippen molar-refractivity contribution in [3.05, 3.63) is 11.6 Å². The Hall–Kier alpha value is -0.330. The molecule has 0 bridgehead atoms. The first-order valence-electron chi connectivity index (χ1n) is 2.19. The molecule has 0 aromatic carbocycles. The number of hydrogen-bond donors (Lipinski definition) is 0.